The van der Waals surface area contributed by atoms with Crippen LogP contribution in [0, 0.1) is 0 Å². The van der Waals surface area contributed by atoms with Crippen molar-refractivity contribution >= 4 is 18.0 Å². The third kappa shape index (κ3) is 5.84. The Morgan fingerprint density at radius 1 is 0.968 bits per heavy atom. The first kappa shape index (κ1) is 22.3. The predicted octanol–water partition coefficient (Wildman–Crippen LogP) is 3.67. The summed E-state index contributed by atoms with van der Waals surface area (Å²) in [5.74, 6) is -1.30. The van der Waals surface area contributed by atoms with Gasteiger partial charge in [0.2, 0.25) is 5.91 Å². The zero-order chi connectivity index (χ0) is 22.2. The largest absolute Gasteiger partial charge is 0.480 e. The molecule has 0 spiro atoms. The molecule has 1 atom stereocenters. The van der Waals surface area contributed by atoms with E-state index < -0.39 is 18.1 Å². The summed E-state index contributed by atoms with van der Waals surface area (Å²) >= 11 is 0. The van der Waals surface area contributed by atoms with Gasteiger partial charge >= 0.3 is 12.1 Å². The fraction of sp³-hybridized carbons (Fsp3) is 0.375. The van der Waals surface area contributed by atoms with Gasteiger partial charge in [0.15, 0.2) is 0 Å². The van der Waals surface area contributed by atoms with E-state index in [2.05, 4.69) is 34.9 Å². The Balaban J connectivity index is 1.35. The van der Waals surface area contributed by atoms with Crippen molar-refractivity contribution in [2.75, 3.05) is 13.2 Å². The fourth-order valence-corrected chi connectivity index (χ4v) is 3.80. The van der Waals surface area contributed by atoms with Gasteiger partial charge in [0.25, 0.3) is 0 Å². The molecule has 0 heterocycles. The van der Waals surface area contributed by atoms with Crippen molar-refractivity contribution in [3.63, 3.8) is 0 Å². The van der Waals surface area contributed by atoms with Crippen LogP contribution in [-0.2, 0) is 14.3 Å². The van der Waals surface area contributed by atoms with Gasteiger partial charge < -0.3 is 20.5 Å². The molecule has 0 aliphatic heterocycles. The van der Waals surface area contributed by atoms with Crippen LogP contribution >= 0.6 is 0 Å². The summed E-state index contributed by atoms with van der Waals surface area (Å²) in [6, 6.07) is 15.5. The lowest BCUT2D eigenvalue weighted by molar-refractivity contribution is -0.141. The van der Waals surface area contributed by atoms with Crippen molar-refractivity contribution < 1.29 is 24.2 Å². The number of ether oxygens (including phenoxy) is 1. The Morgan fingerprint density at radius 3 is 2.19 bits per heavy atom. The first-order valence-electron chi connectivity index (χ1n) is 10.6. The molecule has 0 saturated carbocycles. The van der Waals surface area contributed by atoms with Gasteiger partial charge in [-0.05, 0) is 42.0 Å². The summed E-state index contributed by atoms with van der Waals surface area (Å²) < 4.78 is 5.48. The second-order valence-corrected chi connectivity index (χ2v) is 7.69. The summed E-state index contributed by atoms with van der Waals surface area (Å²) in [6.45, 7) is 2.17. The fourth-order valence-electron chi connectivity index (χ4n) is 3.80. The molecule has 7 nitrogen and oxygen atoms in total. The maximum absolute atomic E-state index is 12.1. The second-order valence-electron chi connectivity index (χ2n) is 7.69. The number of alkyl carbamates (subject to hydrolysis) is 1. The van der Waals surface area contributed by atoms with Crippen LogP contribution in [0.25, 0.3) is 11.1 Å². The monoisotopic (exact) mass is 424 g/mol. The van der Waals surface area contributed by atoms with Crippen LogP contribution in [0.5, 0.6) is 0 Å². The topological polar surface area (TPSA) is 105 Å². The number of fused-ring (bicyclic) bond motifs is 3. The highest BCUT2D eigenvalue weighted by Crippen LogP contribution is 2.44. The molecule has 0 fully saturated rings. The average Bonchev–Trinajstić information content (AvgIpc) is 3.08. The molecule has 31 heavy (non-hydrogen) atoms. The van der Waals surface area contributed by atoms with E-state index in [9.17, 15) is 14.4 Å². The number of benzene rings is 2. The van der Waals surface area contributed by atoms with Gasteiger partial charge in [-0.2, -0.15) is 0 Å². The lowest BCUT2D eigenvalue weighted by Crippen LogP contribution is -2.38. The van der Waals surface area contributed by atoms with Crippen molar-refractivity contribution in [2.45, 2.75) is 44.6 Å². The smallest absolute Gasteiger partial charge is 0.407 e. The van der Waals surface area contributed by atoms with E-state index in [0.717, 1.165) is 6.42 Å². The molecule has 2 amide bonds. The number of unbranched alkanes of at least 4 members (excludes halogenated alkanes) is 2. The normalized spacial score (nSPS) is 13.1. The second kappa shape index (κ2) is 10.6. The maximum atomic E-state index is 12.1. The highest BCUT2D eigenvalue weighted by Gasteiger charge is 2.28. The Hall–Kier alpha value is -3.35. The van der Waals surface area contributed by atoms with E-state index in [4.69, 9.17) is 9.84 Å². The van der Waals surface area contributed by atoms with Crippen molar-refractivity contribution in [1.29, 1.82) is 0 Å². The number of rotatable bonds is 10. The predicted molar refractivity (Wildman–Crippen MR) is 117 cm³/mol. The SMILES string of the molecule is CC(NC(=O)CCCCCNC(=O)OCC1c2ccccc2-c2ccccc21)C(=O)O. The molecule has 1 unspecified atom stereocenters. The van der Waals surface area contributed by atoms with Crippen LogP contribution in [0.4, 0.5) is 4.79 Å². The Bertz CT molecular complexity index is 898. The van der Waals surface area contributed by atoms with Gasteiger partial charge in [-0.15, -0.1) is 0 Å². The number of amides is 2. The highest BCUT2D eigenvalue weighted by atomic mass is 16.5. The van der Waals surface area contributed by atoms with Gasteiger partial charge in [-0.25, -0.2) is 4.79 Å². The number of aliphatic carboxylic acids is 1. The van der Waals surface area contributed by atoms with Crippen LogP contribution in [0.15, 0.2) is 48.5 Å². The standard InChI is InChI=1S/C24H28N2O5/c1-16(23(28)29)26-22(27)13-3-2-8-14-25-24(30)31-15-21-19-11-6-4-9-17(19)18-10-5-7-12-20(18)21/h4-7,9-12,16,21H,2-3,8,13-15H2,1H3,(H,25,30)(H,26,27)(H,28,29). The van der Waals surface area contributed by atoms with Crippen LogP contribution in [0.3, 0.4) is 0 Å². The molecule has 1 aliphatic carbocycles. The molecule has 164 valence electrons. The molecule has 2 aromatic rings. The minimum Gasteiger partial charge on any atom is -0.480 e. The third-order valence-corrected chi connectivity index (χ3v) is 5.44. The molecule has 1 aliphatic rings. The van der Waals surface area contributed by atoms with Crippen molar-refractivity contribution in [1.82, 2.24) is 10.6 Å². The van der Waals surface area contributed by atoms with E-state index in [1.807, 2.05) is 24.3 Å². The van der Waals surface area contributed by atoms with E-state index in [1.54, 1.807) is 0 Å². The molecule has 3 N–H and O–H groups in total. The highest BCUT2D eigenvalue weighted by molar-refractivity contribution is 5.83. The molecular formula is C24H28N2O5. The van der Waals surface area contributed by atoms with Gasteiger partial charge in [-0.1, -0.05) is 55.0 Å². The number of carbonyl (C=O) groups is 3. The average molecular weight is 424 g/mol. The van der Waals surface area contributed by atoms with E-state index >= 15 is 0 Å². The summed E-state index contributed by atoms with van der Waals surface area (Å²) in [5, 5.41) is 13.9. The van der Waals surface area contributed by atoms with Crippen LogP contribution in [0.1, 0.15) is 49.7 Å². The lowest BCUT2D eigenvalue weighted by atomic mass is 9.98. The number of carbonyl (C=O) groups excluding carboxylic acids is 2. The van der Waals surface area contributed by atoms with Gasteiger partial charge in [-0.3, -0.25) is 9.59 Å². The van der Waals surface area contributed by atoms with E-state index in [0.29, 0.717) is 19.4 Å². The molecule has 0 bridgehead atoms. The number of carboxylic acid groups (broad SMARTS) is 1. The maximum Gasteiger partial charge on any atom is 0.407 e. The Morgan fingerprint density at radius 2 is 1.58 bits per heavy atom. The van der Waals surface area contributed by atoms with Crippen LogP contribution in [0.2, 0.25) is 0 Å². The molecule has 0 radical (unpaired) electrons. The van der Waals surface area contributed by atoms with Crippen molar-refractivity contribution in [3.8, 4) is 11.1 Å². The third-order valence-electron chi connectivity index (χ3n) is 5.44. The lowest BCUT2D eigenvalue weighted by Gasteiger charge is -2.14. The minimum atomic E-state index is -1.05. The quantitative estimate of drug-likeness (QED) is 0.505. The molecule has 0 aromatic heterocycles. The minimum absolute atomic E-state index is 0.0323. The first-order chi connectivity index (χ1) is 15.0. The summed E-state index contributed by atoms with van der Waals surface area (Å²) in [4.78, 5) is 34.4. The number of hydrogen-bond donors (Lipinski definition) is 3. The van der Waals surface area contributed by atoms with Crippen molar-refractivity contribution in [3.05, 3.63) is 59.7 Å². The summed E-state index contributed by atoms with van der Waals surface area (Å²) in [5.41, 5.74) is 4.72. The van der Waals surface area contributed by atoms with E-state index in [-0.39, 0.29) is 24.9 Å². The first-order valence-corrected chi connectivity index (χ1v) is 10.6. The zero-order valence-electron chi connectivity index (χ0n) is 17.6. The Labute approximate surface area is 181 Å². The molecule has 3 rings (SSSR count). The van der Waals surface area contributed by atoms with Crippen molar-refractivity contribution in [2.24, 2.45) is 0 Å². The van der Waals surface area contributed by atoms with Gasteiger partial charge in [0.1, 0.15) is 12.6 Å². The van der Waals surface area contributed by atoms with E-state index in [1.165, 1.54) is 29.2 Å². The molecular weight excluding hydrogens is 396 g/mol. The van der Waals surface area contributed by atoms with Crippen LogP contribution in [-0.4, -0.2) is 42.3 Å². The number of hydrogen-bond acceptors (Lipinski definition) is 4. The number of nitrogens with one attached hydrogen (secondary N) is 2. The Kier molecular flexibility index (Phi) is 7.65. The molecule has 7 heteroatoms. The number of carboxylic acids is 1. The van der Waals surface area contributed by atoms with Gasteiger partial charge in [0, 0.05) is 18.9 Å². The zero-order valence-corrected chi connectivity index (χ0v) is 17.6. The van der Waals surface area contributed by atoms with Crippen LogP contribution < -0.4 is 10.6 Å². The molecule has 2 aromatic carbocycles. The molecule has 0 saturated heterocycles. The summed E-state index contributed by atoms with van der Waals surface area (Å²) in [7, 11) is 0. The van der Waals surface area contributed by atoms with Gasteiger partial charge in [0.05, 0.1) is 0 Å². The summed E-state index contributed by atoms with van der Waals surface area (Å²) in [6.07, 6.45) is 1.91.